The van der Waals surface area contributed by atoms with Crippen molar-refractivity contribution in [1.82, 2.24) is 0 Å². The van der Waals surface area contributed by atoms with Crippen molar-refractivity contribution in [3.63, 3.8) is 0 Å². The minimum Gasteiger partial charge on any atom is -0.381 e. The van der Waals surface area contributed by atoms with Crippen LogP contribution in [0.1, 0.15) is 31.7 Å². The van der Waals surface area contributed by atoms with E-state index in [1.807, 2.05) is 25.1 Å². The Labute approximate surface area is 101 Å². The third kappa shape index (κ3) is 2.28. The summed E-state index contributed by atoms with van der Waals surface area (Å²) in [6.07, 6.45) is 3.45. The molecule has 0 spiro atoms. The molecule has 1 aromatic rings. The van der Waals surface area contributed by atoms with Gasteiger partial charge in [0.1, 0.15) is 0 Å². The smallest absolute Gasteiger partial charge is 0.0562 e. The lowest BCUT2D eigenvalue weighted by molar-refractivity contribution is 0.0525. The number of nitrogens with zero attached hydrogens (tertiary/aromatic N) is 3. The summed E-state index contributed by atoms with van der Waals surface area (Å²) in [6.45, 7) is 3.46. The zero-order valence-electron chi connectivity index (χ0n) is 10.1. The van der Waals surface area contributed by atoms with Gasteiger partial charge in [-0.15, -0.1) is 0 Å². The third-order valence-electron chi connectivity index (χ3n) is 3.52. The highest BCUT2D eigenvalue weighted by molar-refractivity contribution is 5.51. The molecule has 0 amide bonds. The van der Waals surface area contributed by atoms with E-state index in [1.54, 1.807) is 0 Å². The predicted molar refractivity (Wildman–Crippen MR) is 67.3 cm³/mol. The van der Waals surface area contributed by atoms with Crippen molar-refractivity contribution in [2.75, 3.05) is 13.2 Å². The summed E-state index contributed by atoms with van der Waals surface area (Å²) in [4.78, 5) is 2.90. The van der Waals surface area contributed by atoms with Gasteiger partial charge in [-0.25, -0.2) is 0 Å². The maximum atomic E-state index is 8.60. The quantitative estimate of drug-likeness (QED) is 0.428. The first-order valence-electron chi connectivity index (χ1n) is 6.05. The van der Waals surface area contributed by atoms with Gasteiger partial charge in [-0.3, -0.25) is 0 Å². The lowest BCUT2D eigenvalue weighted by atomic mass is 9.64. The molecule has 90 valence electrons. The molecule has 1 saturated carbocycles. The largest absolute Gasteiger partial charge is 0.381 e. The molecule has 0 aromatic heterocycles. The molecule has 17 heavy (non-hydrogen) atoms. The van der Waals surface area contributed by atoms with Crippen molar-refractivity contribution < 1.29 is 4.74 Å². The van der Waals surface area contributed by atoms with Crippen molar-refractivity contribution in [3.05, 3.63) is 40.3 Å². The lowest BCUT2D eigenvalue weighted by Crippen LogP contribution is -2.39. The average molecular weight is 231 g/mol. The van der Waals surface area contributed by atoms with Crippen molar-refractivity contribution >= 4 is 5.69 Å². The normalized spacial score (nSPS) is 17.0. The Morgan fingerprint density at radius 3 is 2.76 bits per heavy atom. The molecule has 0 N–H and O–H groups in total. The van der Waals surface area contributed by atoms with E-state index >= 15 is 0 Å². The Morgan fingerprint density at radius 1 is 1.41 bits per heavy atom. The predicted octanol–water partition coefficient (Wildman–Crippen LogP) is 4.09. The summed E-state index contributed by atoms with van der Waals surface area (Å²) in [5, 5.41) is 3.79. The van der Waals surface area contributed by atoms with Crippen LogP contribution < -0.4 is 0 Å². The lowest BCUT2D eigenvalue weighted by Gasteiger charge is -2.42. The number of rotatable bonds is 5. The molecule has 1 aliphatic carbocycles. The molecule has 4 nitrogen and oxygen atoms in total. The van der Waals surface area contributed by atoms with E-state index in [0.29, 0.717) is 0 Å². The van der Waals surface area contributed by atoms with Gasteiger partial charge in [0.25, 0.3) is 0 Å². The van der Waals surface area contributed by atoms with Gasteiger partial charge >= 0.3 is 0 Å². The molecule has 0 saturated heterocycles. The van der Waals surface area contributed by atoms with Crippen molar-refractivity contribution in [1.29, 1.82) is 0 Å². The van der Waals surface area contributed by atoms with Gasteiger partial charge in [0, 0.05) is 22.6 Å². The van der Waals surface area contributed by atoms with E-state index in [9.17, 15) is 0 Å². The standard InChI is InChI=1S/C13H17N3O/c1-2-17-10-13(8-5-9-13)11-6-3-4-7-12(11)15-16-14/h3-4,6-7H,2,5,8-10H2,1H3. The minimum absolute atomic E-state index is 0.0702. The van der Waals surface area contributed by atoms with Crippen LogP contribution in [-0.4, -0.2) is 13.2 Å². The Hall–Kier alpha value is -1.51. The van der Waals surface area contributed by atoms with Crippen LogP contribution >= 0.6 is 0 Å². The van der Waals surface area contributed by atoms with Crippen molar-refractivity contribution in [3.8, 4) is 0 Å². The highest BCUT2D eigenvalue weighted by Gasteiger charge is 2.40. The van der Waals surface area contributed by atoms with E-state index in [-0.39, 0.29) is 5.41 Å². The second kappa shape index (κ2) is 5.21. The highest BCUT2D eigenvalue weighted by atomic mass is 16.5. The van der Waals surface area contributed by atoms with E-state index in [4.69, 9.17) is 10.3 Å². The zero-order valence-corrected chi connectivity index (χ0v) is 10.1. The molecule has 0 atom stereocenters. The number of azide groups is 1. The summed E-state index contributed by atoms with van der Waals surface area (Å²) in [5.74, 6) is 0. The SMILES string of the molecule is CCOCC1(c2ccccc2N=[N+]=[N-])CCC1. The second-order valence-electron chi connectivity index (χ2n) is 4.48. The van der Waals surface area contributed by atoms with Crippen LogP contribution in [-0.2, 0) is 10.2 Å². The summed E-state index contributed by atoms with van der Waals surface area (Å²) in [7, 11) is 0. The first-order chi connectivity index (χ1) is 8.32. The van der Waals surface area contributed by atoms with Crippen molar-refractivity contribution in [2.45, 2.75) is 31.6 Å². The maximum absolute atomic E-state index is 8.60. The summed E-state index contributed by atoms with van der Waals surface area (Å²) in [6, 6.07) is 7.83. The zero-order chi connectivity index (χ0) is 12.1. The van der Waals surface area contributed by atoms with Gasteiger partial charge in [-0.05, 0) is 30.9 Å². The van der Waals surface area contributed by atoms with Crippen LogP contribution in [0, 0.1) is 0 Å². The molecule has 2 rings (SSSR count). The topological polar surface area (TPSA) is 58.0 Å². The van der Waals surface area contributed by atoms with E-state index in [1.165, 1.54) is 6.42 Å². The van der Waals surface area contributed by atoms with Gasteiger partial charge in [0.15, 0.2) is 0 Å². The molecule has 0 aliphatic heterocycles. The monoisotopic (exact) mass is 231 g/mol. The molecular weight excluding hydrogens is 214 g/mol. The fourth-order valence-corrected chi connectivity index (χ4v) is 2.45. The molecule has 0 heterocycles. The van der Waals surface area contributed by atoms with Gasteiger partial charge < -0.3 is 4.74 Å². The van der Waals surface area contributed by atoms with E-state index in [0.717, 1.165) is 37.3 Å². The third-order valence-corrected chi connectivity index (χ3v) is 3.52. The van der Waals surface area contributed by atoms with Gasteiger partial charge in [0.05, 0.1) is 6.61 Å². The van der Waals surface area contributed by atoms with E-state index in [2.05, 4.69) is 16.1 Å². The Kier molecular flexibility index (Phi) is 3.67. The number of ether oxygens (including phenoxy) is 1. The van der Waals surface area contributed by atoms with Crippen LogP contribution in [0.2, 0.25) is 0 Å². The Morgan fingerprint density at radius 2 is 2.18 bits per heavy atom. The molecule has 1 fully saturated rings. The van der Waals surface area contributed by atoms with Crippen molar-refractivity contribution in [2.24, 2.45) is 5.11 Å². The van der Waals surface area contributed by atoms with Crippen LogP contribution in [0.25, 0.3) is 10.4 Å². The molecule has 1 aliphatic rings. The first-order valence-corrected chi connectivity index (χ1v) is 6.05. The number of hydrogen-bond donors (Lipinski definition) is 0. The summed E-state index contributed by atoms with van der Waals surface area (Å²) < 4.78 is 5.59. The molecule has 4 heteroatoms. The van der Waals surface area contributed by atoms with Gasteiger partial charge in [-0.1, -0.05) is 35.8 Å². The molecule has 0 radical (unpaired) electrons. The fourth-order valence-electron chi connectivity index (χ4n) is 2.45. The van der Waals surface area contributed by atoms with Gasteiger partial charge in [0.2, 0.25) is 0 Å². The van der Waals surface area contributed by atoms with Gasteiger partial charge in [-0.2, -0.15) is 0 Å². The fraction of sp³-hybridized carbons (Fsp3) is 0.538. The molecule has 0 bridgehead atoms. The molecule has 1 aromatic carbocycles. The Balaban J connectivity index is 2.33. The maximum Gasteiger partial charge on any atom is 0.0562 e. The first kappa shape index (κ1) is 12.0. The summed E-state index contributed by atoms with van der Waals surface area (Å²) >= 11 is 0. The molecular formula is C13H17N3O. The van der Waals surface area contributed by atoms with E-state index < -0.39 is 0 Å². The summed E-state index contributed by atoms with van der Waals surface area (Å²) in [5.41, 5.74) is 10.6. The number of benzene rings is 1. The Bertz CT molecular complexity index is 434. The van der Waals surface area contributed by atoms with Crippen LogP contribution in [0.5, 0.6) is 0 Å². The second-order valence-corrected chi connectivity index (χ2v) is 4.48. The van der Waals surface area contributed by atoms with Crippen LogP contribution in [0.3, 0.4) is 0 Å². The van der Waals surface area contributed by atoms with Crippen LogP contribution in [0.15, 0.2) is 29.4 Å². The van der Waals surface area contributed by atoms with Crippen LogP contribution in [0.4, 0.5) is 5.69 Å². The highest BCUT2D eigenvalue weighted by Crippen LogP contribution is 2.47. The minimum atomic E-state index is 0.0702. The molecule has 0 unspecified atom stereocenters. The number of hydrogen-bond acceptors (Lipinski definition) is 2. The average Bonchev–Trinajstić information content (AvgIpc) is 2.30.